The molecule has 3 rings (SSSR count). The van der Waals surface area contributed by atoms with Gasteiger partial charge in [-0.05, 0) is 19.1 Å². The van der Waals surface area contributed by atoms with Gasteiger partial charge in [-0.15, -0.1) is 0 Å². The molecule has 0 saturated carbocycles. The Balaban J connectivity index is 2.20. The summed E-state index contributed by atoms with van der Waals surface area (Å²) in [4.78, 5) is 14.7. The second kappa shape index (κ2) is 5.69. The zero-order valence-corrected chi connectivity index (χ0v) is 12.6. The Morgan fingerprint density at radius 3 is 2.86 bits per heavy atom. The molecule has 22 heavy (non-hydrogen) atoms. The van der Waals surface area contributed by atoms with Crippen molar-refractivity contribution < 1.29 is 14.6 Å². The number of nitrogens with one attached hydrogen (secondary N) is 1. The molecule has 0 unspecified atom stereocenters. The number of aromatic amines is 1. The van der Waals surface area contributed by atoms with Crippen LogP contribution < -0.4 is 0 Å². The number of carboxylic acid groups (broad SMARTS) is 1. The van der Waals surface area contributed by atoms with E-state index in [0.29, 0.717) is 18.7 Å². The minimum absolute atomic E-state index is 0.330. The standard InChI is InChI=1S/C17H18N2O3/c1-11-13(17(20)21)9-16(19(11)7-8-22-2)14-10-18-15-6-4-3-5-12(14)15/h3-6,9-10,18H,7-8H2,1-2H3,(H,20,21). The number of nitrogens with zero attached hydrogens (tertiary/aromatic N) is 1. The SMILES string of the molecule is COCCn1c(-c2c[nH]c3ccccc23)cc(C(=O)O)c1C. The number of rotatable bonds is 5. The first-order valence-electron chi connectivity index (χ1n) is 7.12. The van der Waals surface area contributed by atoms with E-state index in [1.54, 1.807) is 13.2 Å². The Morgan fingerprint density at radius 2 is 2.14 bits per heavy atom. The summed E-state index contributed by atoms with van der Waals surface area (Å²) in [5.74, 6) is -0.908. The Morgan fingerprint density at radius 1 is 1.36 bits per heavy atom. The largest absolute Gasteiger partial charge is 0.478 e. The molecule has 0 aliphatic heterocycles. The fourth-order valence-corrected chi connectivity index (χ4v) is 2.84. The van der Waals surface area contributed by atoms with E-state index >= 15 is 0 Å². The van der Waals surface area contributed by atoms with Gasteiger partial charge in [-0.3, -0.25) is 0 Å². The fourth-order valence-electron chi connectivity index (χ4n) is 2.84. The average molecular weight is 298 g/mol. The van der Waals surface area contributed by atoms with E-state index in [1.807, 2.05) is 42.0 Å². The number of H-pyrrole nitrogens is 1. The lowest BCUT2D eigenvalue weighted by molar-refractivity contribution is 0.0696. The molecule has 0 radical (unpaired) electrons. The molecule has 2 N–H and O–H groups in total. The van der Waals surface area contributed by atoms with Gasteiger partial charge in [-0.2, -0.15) is 0 Å². The average Bonchev–Trinajstić information content (AvgIpc) is 3.06. The summed E-state index contributed by atoms with van der Waals surface area (Å²) in [6, 6.07) is 9.73. The van der Waals surface area contributed by atoms with Crippen LogP contribution in [0.15, 0.2) is 36.5 Å². The van der Waals surface area contributed by atoms with Gasteiger partial charge in [0.25, 0.3) is 0 Å². The molecule has 0 fully saturated rings. The van der Waals surface area contributed by atoms with E-state index in [2.05, 4.69) is 4.98 Å². The molecule has 0 bridgehead atoms. The van der Waals surface area contributed by atoms with Gasteiger partial charge < -0.3 is 19.4 Å². The maximum Gasteiger partial charge on any atom is 0.337 e. The number of aromatic carboxylic acids is 1. The monoisotopic (exact) mass is 298 g/mol. The number of hydrogen-bond donors (Lipinski definition) is 2. The topological polar surface area (TPSA) is 67.2 Å². The number of carbonyl (C=O) groups is 1. The molecule has 5 nitrogen and oxygen atoms in total. The molecule has 0 saturated heterocycles. The number of carboxylic acids is 1. The first kappa shape index (κ1) is 14.4. The Labute approximate surface area is 128 Å². The predicted molar refractivity (Wildman–Crippen MR) is 85.3 cm³/mol. The van der Waals surface area contributed by atoms with Gasteiger partial charge in [0.15, 0.2) is 0 Å². The van der Waals surface area contributed by atoms with Gasteiger partial charge in [0.05, 0.1) is 17.9 Å². The molecule has 114 valence electrons. The summed E-state index contributed by atoms with van der Waals surface area (Å²) in [5.41, 5.74) is 4.00. The summed E-state index contributed by atoms with van der Waals surface area (Å²) >= 11 is 0. The van der Waals surface area contributed by atoms with E-state index in [-0.39, 0.29) is 0 Å². The molecule has 5 heteroatoms. The number of hydrogen-bond acceptors (Lipinski definition) is 2. The van der Waals surface area contributed by atoms with E-state index in [9.17, 15) is 9.90 Å². The Kier molecular flexibility index (Phi) is 3.73. The number of methoxy groups -OCH3 is 1. The van der Waals surface area contributed by atoms with Crippen LogP contribution in [0.3, 0.4) is 0 Å². The molecule has 3 aromatic rings. The first-order valence-corrected chi connectivity index (χ1v) is 7.12. The maximum absolute atomic E-state index is 11.4. The van der Waals surface area contributed by atoms with E-state index in [4.69, 9.17) is 4.74 Å². The number of para-hydroxylation sites is 1. The van der Waals surface area contributed by atoms with Crippen molar-refractivity contribution in [2.24, 2.45) is 0 Å². The molecule has 0 aliphatic carbocycles. The normalized spacial score (nSPS) is 11.2. The number of benzene rings is 1. The van der Waals surface area contributed by atoms with Crippen molar-refractivity contribution in [2.45, 2.75) is 13.5 Å². The summed E-state index contributed by atoms with van der Waals surface area (Å²) in [6.45, 7) is 2.98. The van der Waals surface area contributed by atoms with Crippen LogP contribution in [-0.2, 0) is 11.3 Å². The number of fused-ring (bicyclic) bond motifs is 1. The van der Waals surface area contributed by atoms with Crippen molar-refractivity contribution in [3.8, 4) is 11.3 Å². The predicted octanol–water partition coefficient (Wildman–Crippen LogP) is 3.29. The fraction of sp³-hybridized carbons (Fsp3) is 0.235. The van der Waals surface area contributed by atoms with Crippen molar-refractivity contribution >= 4 is 16.9 Å². The molecular weight excluding hydrogens is 280 g/mol. The highest BCUT2D eigenvalue weighted by Gasteiger charge is 2.19. The smallest absolute Gasteiger partial charge is 0.337 e. The second-order valence-electron chi connectivity index (χ2n) is 5.23. The zero-order chi connectivity index (χ0) is 15.7. The maximum atomic E-state index is 11.4. The third kappa shape index (κ3) is 2.29. The van der Waals surface area contributed by atoms with Gasteiger partial charge in [0, 0.05) is 42.0 Å². The molecule has 0 spiro atoms. The third-order valence-electron chi connectivity index (χ3n) is 3.98. The van der Waals surface area contributed by atoms with Crippen molar-refractivity contribution in [3.05, 3.63) is 47.8 Å². The van der Waals surface area contributed by atoms with Crippen molar-refractivity contribution in [1.82, 2.24) is 9.55 Å². The van der Waals surface area contributed by atoms with Gasteiger partial charge in [-0.25, -0.2) is 4.79 Å². The Hall–Kier alpha value is -2.53. The summed E-state index contributed by atoms with van der Waals surface area (Å²) < 4.78 is 7.16. The summed E-state index contributed by atoms with van der Waals surface area (Å²) in [7, 11) is 1.64. The highest BCUT2D eigenvalue weighted by atomic mass is 16.5. The lowest BCUT2D eigenvalue weighted by Gasteiger charge is -2.10. The summed E-state index contributed by atoms with van der Waals surface area (Å²) in [5, 5.41) is 10.5. The van der Waals surface area contributed by atoms with Crippen LogP contribution in [0.5, 0.6) is 0 Å². The van der Waals surface area contributed by atoms with Crippen LogP contribution >= 0.6 is 0 Å². The van der Waals surface area contributed by atoms with Crippen molar-refractivity contribution in [2.75, 3.05) is 13.7 Å². The molecule has 0 atom stereocenters. The molecule has 2 aromatic heterocycles. The number of aromatic nitrogens is 2. The lowest BCUT2D eigenvalue weighted by atomic mass is 10.1. The third-order valence-corrected chi connectivity index (χ3v) is 3.98. The molecule has 0 aliphatic rings. The van der Waals surface area contributed by atoms with E-state index < -0.39 is 5.97 Å². The van der Waals surface area contributed by atoms with Crippen LogP contribution in [-0.4, -0.2) is 34.3 Å². The van der Waals surface area contributed by atoms with Gasteiger partial charge in [-0.1, -0.05) is 18.2 Å². The van der Waals surface area contributed by atoms with E-state index in [1.165, 1.54) is 0 Å². The quantitative estimate of drug-likeness (QED) is 0.759. The van der Waals surface area contributed by atoms with Gasteiger partial charge >= 0.3 is 5.97 Å². The first-order chi connectivity index (χ1) is 10.6. The zero-order valence-electron chi connectivity index (χ0n) is 12.6. The van der Waals surface area contributed by atoms with Crippen LogP contribution in [0, 0.1) is 6.92 Å². The van der Waals surface area contributed by atoms with Crippen molar-refractivity contribution in [3.63, 3.8) is 0 Å². The van der Waals surface area contributed by atoms with Crippen LogP contribution in [0.2, 0.25) is 0 Å². The molecular formula is C17H18N2O3. The molecule has 1 aromatic carbocycles. The summed E-state index contributed by atoms with van der Waals surface area (Å²) in [6.07, 6.45) is 1.92. The van der Waals surface area contributed by atoms with Crippen molar-refractivity contribution in [1.29, 1.82) is 0 Å². The van der Waals surface area contributed by atoms with Crippen LogP contribution in [0.1, 0.15) is 16.1 Å². The minimum atomic E-state index is -0.908. The lowest BCUT2D eigenvalue weighted by Crippen LogP contribution is -2.08. The molecule has 0 amide bonds. The molecule has 2 heterocycles. The second-order valence-corrected chi connectivity index (χ2v) is 5.23. The van der Waals surface area contributed by atoms with E-state index in [0.717, 1.165) is 27.9 Å². The van der Waals surface area contributed by atoms with Gasteiger partial charge in [0.1, 0.15) is 0 Å². The number of ether oxygens (including phenoxy) is 1. The van der Waals surface area contributed by atoms with Crippen LogP contribution in [0.25, 0.3) is 22.2 Å². The minimum Gasteiger partial charge on any atom is -0.478 e. The highest BCUT2D eigenvalue weighted by Crippen LogP contribution is 2.32. The highest BCUT2D eigenvalue weighted by molar-refractivity contribution is 5.97. The van der Waals surface area contributed by atoms with Gasteiger partial charge in [0.2, 0.25) is 0 Å². The Bertz CT molecular complexity index is 830. The van der Waals surface area contributed by atoms with Crippen LogP contribution in [0.4, 0.5) is 0 Å².